The van der Waals surface area contributed by atoms with Gasteiger partial charge < -0.3 is 15.7 Å². The predicted octanol–water partition coefficient (Wildman–Crippen LogP) is 3.17. The third-order valence-corrected chi connectivity index (χ3v) is 4.72. The maximum Gasteiger partial charge on any atom is 0.259 e. The van der Waals surface area contributed by atoms with Crippen molar-refractivity contribution in [3.8, 4) is 6.07 Å². The Bertz CT molecular complexity index is 798. The second-order valence-corrected chi connectivity index (χ2v) is 6.54. The van der Waals surface area contributed by atoms with Crippen LogP contribution in [0.15, 0.2) is 42.6 Å². The molecule has 1 amide bonds. The highest BCUT2D eigenvalue weighted by atomic mass is 16.3. The van der Waals surface area contributed by atoms with E-state index in [1.165, 1.54) is 0 Å². The van der Waals surface area contributed by atoms with Crippen LogP contribution in [0.1, 0.15) is 41.6 Å². The molecule has 1 aromatic carbocycles. The number of nitrogens with zero attached hydrogens (tertiary/aromatic N) is 2. The van der Waals surface area contributed by atoms with Crippen LogP contribution in [0.4, 0.5) is 11.5 Å². The number of benzene rings is 1. The molecule has 2 aromatic rings. The fourth-order valence-corrected chi connectivity index (χ4v) is 3.21. The minimum Gasteiger partial charge on any atom is -0.393 e. The van der Waals surface area contributed by atoms with Crippen molar-refractivity contribution in [1.29, 1.82) is 5.26 Å². The number of nitrogens with one attached hydrogen (secondary N) is 2. The summed E-state index contributed by atoms with van der Waals surface area (Å²) in [6, 6.07) is 12.2. The number of aromatic nitrogens is 1. The maximum absolute atomic E-state index is 12.6. The molecule has 3 N–H and O–H groups in total. The number of aliphatic hydroxyl groups is 1. The Morgan fingerprint density at radius 3 is 2.73 bits per heavy atom. The summed E-state index contributed by atoms with van der Waals surface area (Å²) in [5.74, 6) is 0.422. The van der Waals surface area contributed by atoms with Crippen molar-refractivity contribution >= 4 is 17.4 Å². The Morgan fingerprint density at radius 2 is 2.00 bits per heavy atom. The average molecular weight is 350 g/mol. The van der Waals surface area contributed by atoms with Crippen LogP contribution in [-0.2, 0) is 0 Å². The number of aliphatic hydroxyl groups excluding tert-OH is 1. The zero-order valence-corrected chi connectivity index (χ0v) is 14.5. The topological polar surface area (TPSA) is 98.0 Å². The van der Waals surface area contributed by atoms with Crippen LogP contribution in [0.25, 0.3) is 0 Å². The predicted molar refractivity (Wildman–Crippen MR) is 99.8 cm³/mol. The second kappa shape index (κ2) is 8.45. The number of pyridine rings is 1. The highest BCUT2D eigenvalue weighted by Crippen LogP contribution is 2.25. The summed E-state index contributed by atoms with van der Waals surface area (Å²) >= 11 is 0. The van der Waals surface area contributed by atoms with E-state index in [9.17, 15) is 9.90 Å². The van der Waals surface area contributed by atoms with Gasteiger partial charge in [0.15, 0.2) is 0 Å². The zero-order chi connectivity index (χ0) is 18.4. The first-order valence-corrected chi connectivity index (χ1v) is 8.86. The van der Waals surface area contributed by atoms with Gasteiger partial charge in [0, 0.05) is 24.3 Å². The molecule has 134 valence electrons. The van der Waals surface area contributed by atoms with E-state index in [0.717, 1.165) is 25.7 Å². The molecule has 1 aliphatic carbocycles. The summed E-state index contributed by atoms with van der Waals surface area (Å²) in [5.41, 5.74) is 1.60. The van der Waals surface area contributed by atoms with Gasteiger partial charge in [0.1, 0.15) is 5.82 Å². The molecule has 26 heavy (non-hydrogen) atoms. The van der Waals surface area contributed by atoms with Gasteiger partial charge in [-0.15, -0.1) is 0 Å². The van der Waals surface area contributed by atoms with Crippen molar-refractivity contribution in [2.75, 3.05) is 17.2 Å². The summed E-state index contributed by atoms with van der Waals surface area (Å²) in [6.07, 6.45) is 5.35. The van der Waals surface area contributed by atoms with Gasteiger partial charge in [-0.05, 0) is 49.2 Å². The van der Waals surface area contributed by atoms with Crippen molar-refractivity contribution in [2.24, 2.45) is 5.92 Å². The van der Waals surface area contributed by atoms with E-state index in [1.54, 1.807) is 42.6 Å². The van der Waals surface area contributed by atoms with Crippen LogP contribution in [0.5, 0.6) is 0 Å². The molecule has 2 atom stereocenters. The number of nitriles is 1. The third-order valence-electron chi connectivity index (χ3n) is 4.72. The third kappa shape index (κ3) is 4.38. The van der Waals surface area contributed by atoms with E-state index in [4.69, 9.17) is 5.26 Å². The van der Waals surface area contributed by atoms with Crippen molar-refractivity contribution in [3.05, 3.63) is 53.7 Å². The monoisotopic (exact) mass is 350 g/mol. The van der Waals surface area contributed by atoms with Gasteiger partial charge in [0.05, 0.1) is 23.3 Å². The molecule has 6 nitrogen and oxygen atoms in total. The minimum atomic E-state index is -0.295. The standard InChI is InChI=1S/C20H22N4O2/c21-12-14-7-9-16(10-8-14)24-20(26)17-5-3-11-22-19(17)23-13-15-4-1-2-6-18(15)25/h3,5,7-11,15,18,25H,1-2,4,6,13H2,(H,22,23)(H,24,26). The Hall–Kier alpha value is -2.91. The molecular weight excluding hydrogens is 328 g/mol. The highest BCUT2D eigenvalue weighted by Gasteiger charge is 2.23. The van der Waals surface area contributed by atoms with E-state index in [-0.39, 0.29) is 17.9 Å². The fraction of sp³-hybridized carbons (Fsp3) is 0.350. The maximum atomic E-state index is 12.6. The first-order valence-electron chi connectivity index (χ1n) is 8.86. The summed E-state index contributed by atoms with van der Waals surface area (Å²) in [5, 5.41) is 25.0. The molecule has 1 heterocycles. The van der Waals surface area contributed by atoms with Crippen LogP contribution >= 0.6 is 0 Å². The lowest BCUT2D eigenvalue weighted by Gasteiger charge is -2.28. The summed E-state index contributed by atoms with van der Waals surface area (Å²) in [4.78, 5) is 16.9. The lowest BCUT2D eigenvalue weighted by atomic mass is 9.86. The van der Waals surface area contributed by atoms with E-state index in [2.05, 4.69) is 15.6 Å². The molecular formula is C20H22N4O2. The first kappa shape index (κ1) is 17.9. The Labute approximate surface area is 152 Å². The summed E-state index contributed by atoms with van der Waals surface area (Å²) < 4.78 is 0. The van der Waals surface area contributed by atoms with Crippen molar-refractivity contribution in [1.82, 2.24) is 4.98 Å². The molecule has 0 radical (unpaired) electrons. The minimum absolute atomic E-state index is 0.181. The fourth-order valence-electron chi connectivity index (χ4n) is 3.21. The molecule has 0 aliphatic heterocycles. The van der Waals surface area contributed by atoms with Gasteiger partial charge in [0.2, 0.25) is 0 Å². The summed E-state index contributed by atoms with van der Waals surface area (Å²) in [7, 11) is 0. The SMILES string of the molecule is N#Cc1ccc(NC(=O)c2cccnc2NCC2CCCCC2O)cc1. The smallest absolute Gasteiger partial charge is 0.259 e. The Kier molecular flexibility index (Phi) is 5.82. The number of carbonyl (C=O) groups is 1. The van der Waals surface area contributed by atoms with Crippen LogP contribution in [0.3, 0.4) is 0 Å². The van der Waals surface area contributed by atoms with Crippen molar-refractivity contribution in [3.63, 3.8) is 0 Å². The largest absolute Gasteiger partial charge is 0.393 e. The van der Waals surface area contributed by atoms with E-state index >= 15 is 0 Å². The number of anilines is 2. The van der Waals surface area contributed by atoms with Crippen LogP contribution in [0, 0.1) is 17.2 Å². The molecule has 1 aromatic heterocycles. The van der Waals surface area contributed by atoms with Crippen molar-refractivity contribution in [2.45, 2.75) is 31.8 Å². The molecule has 2 unspecified atom stereocenters. The molecule has 6 heteroatoms. The highest BCUT2D eigenvalue weighted by molar-refractivity contribution is 6.07. The Balaban J connectivity index is 1.67. The number of hydrogen-bond acceptors (Lipinski definition) is 5. The lowest BCUT2D eigenvalue weighted by molar-refractivity contribution is 0.0763. The number of hydrogen-bond donors (Lipinski definition) is 3. The van der Waals surface area contributed by atoms with Crippen LogP contribution < -0.4 is 10.6 Å². The van der Waals surface area contributed by atoms with Gasteiger partial charge in [-0.25, -0.2) is 4.98 Å². The zero-order valence-electron chi connectivity index (χ0n) is 14.5. The number of rotatable bonds is 5. The van der Waals surface area contributed by atoms with E-state index in [1.807, 2.05) is 6.07 Å². The van der Waals surface area contributed by atoms with Gasteiger partial charge in [-0.1, -0.05) is 12.8 Å². The molecule has 1 fully saturated rings. The van der Waals surface area contributed by atoms with Gasteiger partial charge in [-0.2, -0.15) is 5.26 Å². The van der Waals surface area contributed by atoms with Crippen molar-refractivity contribution < 1.29 is 9.90 Å². The molecule has 0 bridgehead atoms. The average Bonchev–Trinajstić information content (AvgIpc) is 2.68. The molecule has 3 rings (SSSR count). The molecule has 0 spiro atoms. The van der Waals surface area contributed by atoms with E-state index in [0.29, 0.717) is 29.2 Å². The van der Waals surface area contributed by atoms with Crippen LogP contribution in [-0.4, -0.2) is 28.6 Å². The second-order valence-electron chi connectivity index (χ2n) is 6.54. The number of amides is 1. The Morgan fingerprint density at radius 1 is 1.23 bits per heavy atom. The first-order chi connectivity index (χ1) is 12.7. The molecule has 1 aliphatic rings. The summed E-state index contributed by atoms with van der Waals surface area (Å²) in [6.45, 7) is 0.593. The van der Waals surface area contributed by atoms with Gasteiger partial charge >= 0.3 is 0 Å². The quantitative estimate of drug-likeness (QED) is 0.769. The van der Waals surface area contributed by atoms with Gasteiger partial charge in [-0.3, -0.25) is 4.79 Å². The number of carbonyl (C=O) groups excluding carboxylic acids is 1. The molecule has 1 saturated carbocycles. The normalized spacial score (nSPS) is 19.4. The van der Waals surface area contributed by atoms with Crippen LogP contribution in [0.2, 0.25) is 0 Å². The molecule has 0 saturated heterocycles. The van der Waals surface area contributed by atoms with Gasteiger partial charge in [0.25, 0.3) is 5.91 Å². The van der Waals surface area contributed by atoms with E-state index < -0.39 is 0 Å². The lowest BCUT2D eigenvalue weighted by Crippen LogP contribution is -2.31.